The molecule has 1 aromatic rings. The van der Waals surface area contributed by atoms with Gasteiger partial charge in [-0.25, -0.2) is 0 Å². The number of benzene rings is 1. The molecule has 7 nitrogen and oxygen atoms in total. The number of aliphatic hydroxyl groups is 2. The van der Waals surface area contributed by atoms with Gasteiger partial charge in [-0.05, 0) is 25.0 Å². The van der Waals surface area contributed by atoms with Gasteiger partial charge in [-0.1, -0.05) is 12.1 Å². The van der Waals surface area contributed by atoms with Gasteiger partial charge in [0.1, 0.15) is 17.6 Å². The van der Waals surface area contributed by atoms with Gasteiger partial charge in [0.2, 0.25) is 0 Å². The summed E-state index contributed by atoms with van der Waals surface area (Å²) in [5.74, 6) is -0.0652. The van der Waals surface area contributed by atoms with Crippen LogP contribution in [0.1, 0.15) is 37.0 Å². The summed E-state index contributed by atoms with van der Waals surface area (Å²) in [7, 11) is 0. The van der Waals surface area contributed by atoms with Crippen LogP contribution < -0.4 is 5.73 Å². The summed E-state index contributed by atoms with van der Waals surface area (Å²) in [5.41, 5.74) is 6.56. The number of aliphatic hydroxyl groups excluding tert-OH is 2. The Hall–Kier alpha value is -1.51. The van der Waals surface area contributed by atoms with Crippen molar-refractivity contribution in [2.45, 2.75) is 56.3 Å². The van der Waals surface area contributed by atoms with Crippen LogP contribution in [0.3, 0.4) is 0 Å². The molecule has 1 saturated heterocycles. The Morgan fingerprint density at radius 3 is 2.79 bits per heavy atom. The number of aromatic hydroxyl groups is 1. The molecular weight excluding hydrogens is 314 g/mol. The number of ether oxygens (including phenoxy) is 2. The van der Waals surface area contributed by atoms with Crippen LogP contribution in [-0.2, 0) is 20.7 Å². The number of rotatable bonds is 3. The molecular formula is C17H23NO6. The van der Waals surface area contributed by atoms with Crippen molar-refractivity contribution in [1.82, 2.24) is 0 Å². The lowest BCUT2D eigenvalue weighted by molar-refractivity contribution is -0.237. The minimum atomic E-state index is -1.07. The van der Waals surface area contributed by atoms with E-state index < -0.39 is 30.1 Å². The number of ketones is 1. The molecule has 0 spiro atoms. The van der Waals surface area contributed by atoms with Crippen LogP contribution in [-0.4, -0.2) is 51.7 Å². The molecule has 0 aromatic heterocycles. The third-order valence-corrected chi connectivity index (χ3v) is 4.90. The second-order valence-corrected chi connectivity index (χ2v) is 6.70. The Morgan fingerprint density at radius 1 is 1.38 bits per heavy atom. The van der Waals surface area contributed by atoms with Gasteiger partial charge in [-0.2, -0.15) is 0 Å². The Labute approximate surface area is 140 Å². The van der Waals surface area contributed by atoms with Crippen LogP contribution in [0, 0.1) is 0 Å². The number of phenolic OH excluding ortho intramolecular Hbond substituents is 1. The zero-order chi connectivity index (χ0) is 17.5. The Balaban J connectivity index is 1.87. The summed E-state index contributed by atoms with van der Waals surface area (Å²) in [6, 6.07) is 5.08. The lowest BCUT2D eigenvalue weighted by Gasteiger charge is -2.40. The van der Waals surface area contributed by atoms with E-state index in [2.05, 4.69) is 0 Å². The maximum Gasteiger partial charge on any atom is 0.161 e. The van der Waals surface area contributed by atoms with Crippen molar-refractivity contribution in [3.05, 3.63) is 29.3 Å². The first-order valence-electron chi connectivity index (χ1n) is 8.04. The van der Waals surface area contributed by atoms with Crippen LogP contribution in [0.15, 0.2) is 18.2 Å². The highest BCUT2D eigenvalue weighted by Gasteiger charge is 2.43. The number of Topliss-reactive ketones (excluding diaryl/α,β-unsaturated/α-hetero) is 1. The van der Waals surface area contributed by atoms with Gasteiger partial charge in [0.25, 0.3) is 0 Å². The summed E-state index contributed by atoms with van der Waals surface area (Å²) in [4.78, 5) is 12.0. The van der Waals surface area contributed by atoms with E-state index in [0.29, 0.717) is 12.0 Å². The van der Waals surface area contributed by atoms with Crippen molar-refractivity contribution in [1.29, 1.82) is 0 Å². The van der Waals surface area contributed by atoms with Gasteiger partial charge < -0.3 is 30.5 Å². The fraction of sp³-hybridized carbons (Fsp3) is 0.588. The Morgan fingerprint density at radius 2 is 2.12 bits per heavy atom. The molecule has 1 aromatic carbocycles. The lowest BCUT2D eigenvalue weighted by Crippen LogP contribution is -2.53. The van der Waals surface area contributed by atoms with Gasteiger partial charge >= 0.3 is 0 Å². The van der Waals surface area contributed by atoms with E-state index in [0.717, 1.165) is 5.56 Å². The van der Waals surface area contributed by atoms with Crippen molar-refractivity contribution in [2.75, 3.05) is 6.61 Å². The molecule has 3 rings (SSSR count). The normalized spacial score (nSPS) is 36.2. The second kappa shape index (κ2) is 6.42. The molecule has 0 amide bonds. The van der Waals surface area contributed by atoms with E-state index in [1.807, 2.05) is 6.07 Å². The lowest BCUT2D eigenvalue weighted by atomic mass is 9.74. The first kappa shape index (κ1) is 17.3. The van der Waals surface area contributed by atoms with Crippen LogP contribution in [0.2, 0.25) is 0 Å². The molecule has 0 unspecified atom stereocenters. The van der Waals surface area contributed by atoms with Crippen molar-refractivity contribution < 1.29 is 29.6 Å². The maximum absolute atomic E-state index is 12.0. The standard InChI is InChI=1S/C17H23NO6/c1-9(19)17(18)6-10-3-2-4-11(20)16(10)14(7-17)24-15-5-12(21)13(22)8-23-15/h2-4,12-15,20-22H,5-8,18H2,1H3/t12-,13+,14-,15-,17-/m0/s1. The summed E-state index contributed by atoms with van der Waals surface area (Å²) in [5, 5.41) is 29.5. The molecule has 0 radical (unpaired) electrons. The van der Waals surface area contributed by atoms with Crippen molar-refractivity contribution in [3.63, 3.8) is 0 Å². The number of phenols is 1. The molecule has 0 bridgehead atoms. The zero-order valence-electron chi connectivity index (χ0n) is 13.5. The van der Waals surface area contributed by atoms with Crippen molar-refractivity contribution in [3.8, 4) is 5.75 Å². The zero-order valence-corrected chi connectivity index (χ0v) is 13.5. The number of hydrogen-bond acceptors (Lipinski definition) is 7. The predicted molar refractivity (Wildman–Crippen MR) is 84.2 cm³/mol. The SMILES string of the molecule is CC(=O)[C@]1(N)Cc2cccc(O)c2[C@@H](O[C@H]2C[C@H](O)[C@H](O)CO2)C1. The third-order valence-electron chi connectivity index (χ3n) is 4.90. The monoisotopic (exact) mass is 337 g/mol. The minimum Gasteiger partial charge on any atom is -0.508 e. The van der Waals surface area contributed by atoms with E-state index in [1.54, 1.807) is 12.1 Å². The molecule has 5 atom stereocenters. The molecule has 24 heavy (non-hydrogen) atoms. The number of hydrogen-bond donors (Lipinski definition) is 4. The molecule has 5 N–H and O–H groups in total. The van der Waals surface area contributed by atoms with E-state index in [4.69, 9.17) is 15.2 Å². The average Bonchev–Trinajstić information content (AvgIpc) is 2.50. The molecule has 7 heteroatoms. The van der Waals surface area contributed by atoms with Gasteiger partial charge in [0, 0.05) is 18.4 Å². The van der Waals surface area contributed by atoms with Crippen LogP contribution >= 0.6 is 0 Å². The van der Waals surface area contributed by atoms with Crippen molar-refractivity contribution >= 4 is 5.78 Å². The van der Waals surface area contributed by atoms with Crippen molar-refractivity contribution in [2.24, 2.45) is 5.73 Å². The van der Waals surface area contributed by atoms with E-state index in [9.17, 15) is 20.1 Å². The van der Waals surface area contributed by atoms with Gasteiger partial charge in [-0.3, -0.25) is 4.79 Å². The third kappa shape index (κ3) is 3.18. The van der Waals surface area contributed by atoms with Crippen LogP contribution in [0.5, 0.6) is 5.75 Å². The first-order valence-corrected chi connectivity index (χ1v) is 8.04. The van der Waals surface area contributed by atoms with Crippen LogP contribution in [0.4, 0.5) is 0 Å². The highest BCUT2D eigenvalue weighted by molar-refractivity contribution is 5.86. The number of nitrogens with two attached hydrogens (primary N) is 1. The fourth-order valence-electron chi connectivity index (χ4n) is 3.37. The quantitative estimate of drug-likeness (QED) is 0.619. The largest absolute Gasteiger partial charge is 0.508 e. The first-order chi connectivity index (χ1) is 11.3. The number of fused-ring (bicyclic) bond motifs is 1. The predicted octanol–water partition coefficient (Wildman–Crippen LogP) is 0.151. The molecule has 0 saturated carbocycles. The van der Waals surface area contributed by atoms with Crippen LogP contribution in [0.25, 0.3) is 0 Å². The van der Waals surface area contributed by atoms with Gasteiger partial charge in [0.05, 0.1) is 24.4 Å². The summed E-state index contributed by atoms with van der Waals surface area (Å²) >= 11 is 0. The minimum absolute atomic E-state index is 0.0351. The molecule has 1 aliphatic heterocycles. The highest BCUT2D eigenvalue weighted by Crippen LogP contribution is 2.42. The maximum atomic E-state index is 12.0. The smallest absolute Gasteiger partial charge is 0.161 e. The second-order valence-electron chi connectivity index (χ2n) is 6.70. The van der Waals surface area contributed by atoms with E-state index >= 15 is 0 Å². The molecule has 132 valence electrons. The van der Waals surface area contributed by atoms with Gasteiger partial charge in [-0.15, -0.1) is 0 Å². The molecule has 1 aliphatic carbocycles. The number of carbonyl (C=O) groups is 1. The molecule has 1 fully saturated rings. The van der Waals surface area contributed by atoms with Gasteiger partial charge in [0.15, 0.2) is 6.29 Å². The molecule has 1 heterocycles. The summed E-state index contributed by atoms with van der Waals surface area (Å²) < 4.78 is 11.3. The Bertz CT molecular complexity index is 636. The van der Waals surface area contributed by atoms with E-state index in [-0.39, 0.29) is 31.0 Å². The Kier molecular flexibility index (Phi) is 4.63. The highest BCUT2D eigenvalue weighted by atomic mass is 16.7. The van der Waals surface area contributed by atoms with E-state index in [1.165, 1.54) is 6.92 Å². The summed E-state index contributed by atoms with van der Waals surface area (Å²) in [6.45, 7) is 1.41. The molecule has 2 aliphatic rings. The average molecular weight is 337 g/mol. The summed E-state index contributed by atoms with van der Waals surface area (Å²) in [6.07, 6.45) is -2.59. The topological polar surface area (TPSA) is 122 Å². The fourth-order valence-corrected chi connectivity index (χ4v) is 3.37. The number of carbonyl (C=O) groups excluding carboxylic acids is 1.